The molecule has 0 heterocycles. The maximum Gasteiger partial charge on any atom is 0.335 e. The van der Waals surface area contributed by atoms with E-state index in [-0.39, 0.29) is 0 Å². The molecule has 3 rings (SSSR count). The van der Waals surface area contributed by atoms with Gasteiger partial charge in [-0.1, -0.05) is 48.5 Å². The molecule has 0 atom stereocenters. The molecule has 0 saturated heterocycles. The molecular formula is C23H23NO3. The van der Waals surface area contributed by atoms with Gasteiger partial charge in [0.25, 0.3) is 0 Å². The van der Waals surface area contributed by atoms with Gasteiger partial charge in [-0.05, 0) is 53.4 Å². The van der Waals surface area contributed by atoms with E-state index in [9.17, 15) is 4.79 Å². The Bertz CT molecular complexity index is 904. The largest absolute Gasteiger partial charge is 0.489 e. The third kappa shape index (κ3) is 5.43. The molecule has 0 fully saturated rings. The quantitative estimate of drug-likeness (QED) is 0.617. The van der Waals surface area contributed by atoms with Gasteiger partial charge in [-0.15, -0.1) is 0 Å². The molecule has 4 nitrogen and oxygen atoms in total. The van der Waals surface area contributed by atoms with E-state index in [4.69, 9.17) is 9.84 Å². The van der Waals surface area contributed by atoms with Crippen LogP contribution in [0.3, 0.4) is 0 Å². The van der Waals surface area contributed by atoms with Gasteiger partial charge in [-0.25, -0.2) is 4.79 Å². The van der Waals surface area contributed by atoms with E-state index in [0.717, 1.165) is 16.9 Å². The Morgan fingerprint density at radius 3 is 2.41 bits per heavy atom. The highest BCUT2D eigenvalue weighted by Crippen LogP contribution is 2.17. The van der Waals surface area contributed by atoms with E-state index in [1.54, 1.807) is 12.1 Å². The second kappa shape index (κ2) is 9.01. The fourth-order valence-corrected chi connectivity index (χ4v) is 2.79. The first kappa shape index (κ1) is 18.7. The Balaban J connectivity index is 1.51. The summed E-state index contributed by atoms with van der Waals surface area (Å²) >= 11 is 0. The van der Waals surface area contributed by atoms with Crippen LogP contribution in [0.2, 0.25) is 0 Å². The number of carbonyl (C=O) groups is 1. The lowest BCUT2D eigenvalue weighted by molar-refractivity contribution is 0.0697. The van der Waals surface area contributed by atoms with Crippen molar-refractivity contribution in [2.45, 2.75) is 26.6 Å². The summed E-state index contributed by atoms with van der Waals surface area (Å²) in [6, 6.07) is 23.2. The number of carboxylic acid groups (broad SMARTS) is 1. The van der Waals surface area contributed by atoms with Gasteiger partial charge in [0.05, 0.1) is 5.56 Å². The maximum atomic E-state index is 10.9. The van der Waals surface area contributed by atoms with Crippen LogP contribution >= 0.6 is 0 Å². The molecule has 0 aromatic heterocycles. The monoisotopic (exact) mass is 361 g/mol. The lowest BCUT2D eigenvalue weighted by atomic mass is 10.1. The number of hydrogen-bond donors (Lipinski definition) is 2. The number of ether oxygens (including phenoxy) is 1. The van der Waals surface area contributed by atoms with Crippen LogP contribution in [0.5, 0.6) is 5.75 Å². The minimum Gasteiger partial charge on any atom is -0.489 e. The third-order valence-corrected chi connectivity index (χ3v) is 4.41. The van der Waals surface area contributed by atoms with Gasteiger partial charge in [-0.2, -0.15) is 0 Å². The van der Waals surface area contributed by atoms with E-state index in [2.05, 4.69) is 30.4 Å². The van der Waals surface area contributed by atoms with Crippen LogP contribution in [-0.4, -0.2) is 11.1 Å². The standard InChI is InChI=1S/C23H23NO3/c1-17-5-2-3-7-21(17)16-27-22-8-4-6-19(13-22)15-24-14-18-9-11-20(12-10-18)23(25)26/h2-13,24H,14-16H2,1H3,(H,25,26). The molecule has 3 aromatic rings. The molecule has 3 aromatic carbocycles. The number of carboxylic acids is 1. The Kier molecular flexibility index (Phi) is 6.23. The minimum absolute atomic E-state index is 0.303. The Morgan fingerprint density at radius 1 is 0.926 bits per heavy atom. The summed E-state index contributed by atoms with van der Waals surface area (Å²) in [7, 11) is 0. The van der Waals surface area contributed by atoms with Crippen LogP contribution in [0.15, 0.2) is 72.8 Å². The van der Waals surface area contributed by atoms with Crippen LogP contribution in [-0.2, 0) is 19.7 Å². The highest BCUT2D eigenvalue weighted by Gasteiger charge is 2.03. The first-order chi connectivity index (χ1) is 13.1. The molecule has 2 N–H and O–H groups in total. The molecule has 0 aliphatic rings. The molecule has 0 aliphatic carbocycles. The zero-order chi connectivity index (χ0) is 19.1. The third-order valence-electron chi connectivity index (χ3n) is 4.41. The number of rotatable bonds is 8. The lowest BCUT2D eigenvalue weighted by Gasteiger charge is -2.10. The van der Waals surface area contributed by atoms with Gasteiger partial charge >= 0.3 is 5.97 Å². The average molecular weight is 361 g/mol. The predicted octanol–water partition coefficient (Wildman–Crippen LogP) is 4.56. The summed E-state index contributed by atoms with van der Waals surface area (Å²) in [5.41, 5.74) is 4.90. The maximum absolute atomic E-state index is 10.9. The normalized spacial score (nSPS) is 10.6. The molecule has 0 spiro atoms. The highest BCUT2D eigenvalue weighted by molar-refractivity contribution is 5.87. The van der Waals surface area contributed by atoms with Crippen molar-refractivity contribution < 1.29 is 14.6 Å². The van der Waals surface area contributed by atoms with Crippen LogP contribution in [0.25, 0.3) is 0 Å². The molecule has 0 saturated carbocycles. The first-order valence-electron chi connectivity index (χ1n) is 8.91. The van der Waals surface area contributed by atoms with Gasteiger partial charge in [-0.3, -0.25) is 0 Å². The van der Waals surface area contributed by atoms with Crippen LogP contribution in [0.1, 0.15) is 32.6 Å². The molecule has 138 valence electrons. The van der Waals surface area contributed by atoms with Gasteiger partial charge in [0.15, 0.2) is 0 Å². The summed E-state index contributed by atoms with van der Waals surface area (Å²) in [4.78, 5) is 10.9. The van der Waals surface area contributed by atoms with Crippen molar-refractivity contribution in [3.8, 4) is 5.75 Å². The minimum atomic E-state index is -0.906. The zero-order valence-corrected chi connectivity index (χ0v) is 15.3. The van der Waals surface area contributed by atoms with E-state index < -0.39 is 5.97 Å². The van der Waals surface area contributed by atoms with Crippen molar-refractivity contribution in [3.05, 3.63) is 101 Å². The van der Waals surface area contributed by atoms with Crippen molar-refractivity contribution in [3.63, 3.8) is 0 Å². The average Bonchev–Trinajstić information content (AvgIpc) is 2.68. The van der Waals surface area contributed by atoms with Gasteiger partial charge in [0.2, 0.25) is 0 Å². The van der Waals surface area contributed by atoms with E-state index >= 15 is 0 Å². The molecule has 0 unspecified atom stereocenters. The van der Waals surface area contributed by atoms with Crippen molar-refractivity contribution in [2.75, 3.05) is 0 Å². The number of aryl methyl sites for hydroxylation is 1. The van der Waals surface area contributed by atoms with Crippen LogP contribution < -0.4 is 10.1 Å². The van der Waals surface area contributed by atoms with Crippen LogP contribution in [0.4, 0.5) is 0 Å². The second-order valence-electron chi connectivity index (χ2n) is 6.47. The molecular weight excluding hydrogens is 338 g/mol. The van der Waals surface area contributed by atoms with Crippen molar-refractivity contribution in [2.24, 2.45) is 0 Å². The fourth-order valence-electron chi connectivity index (χ4n) is 2.79. The van der Waals surface area contributed by atoms with Crippen molar-refractivity contribution in [1.29, 1.82) is 0 Å². The molecule has 0 aliphatic heterocycles. The smallest absolute Gasteiger partial charge is 0.335 e. The number of hydrogen-bond acceptors (Lipinski definition) is 3. The van der Waals surface area contributed by atoms with E-state index in [0.29, 0.717) is 25.3 Å². The van der Waals surface area contributed by atoms with Gasteiger partial charge in [0, 0.05) is 13.1 Å². The van der Waals surface area contributed by atoms with Crippen LogP contribution in [0, 0.1) is 6.92 Å². The van der Waals surface area contributed by atoms with Gasteiger partial charge < -0.3 is 15.2 Å². The van der Waals surface area contributed by atoms with Gasteiger partial charge in [0.1, 0.15) is 12.4 Å². The number of aromatic carboxylic acids is 1. The molecule has 0 bridgehead atoms. The van der Waals surface area contributed by atoms with E-state index in [1.165, 1.54) is 11.1 Å². The molecule has 27 heavy (non-hydrogen) atoms. The Hall–Kier alpha value is -3.11. The summed E-state index contributed by atoms with van der Waals surface area (Å²) in [6.07, 6.45) is 0. The topological polar surface area (TPSA) is 58.6 Å². The number of benzene rings is 3. The molecule has 0 amide bonds. The highest BCUT2D eigenvalue weighted by atomic mass is 16.5. The fraction of sp³-hybridized carbons (Fsp3) is 0.174. The Morgan fingerprint density at radius 2 is 1.67 bits per heavy atom. The first-order valence-corrected chi connectivity index (χ1v) is 8.91. The zero-order valence-electron chi connectivity index (χ0n) is 15.3. The predicted molar refractivity (Wildman–Crippen MR) is 106 cm³/mol. The second-order valence-corrected chi connectivity index (χ2v) is 6.47. The summed E-state index contributed by atoms with van der Waals surface area (Å²) < 4.78 is 5.93. The molecule has 4 heteroatoms. The van der Waals surface area contributed by atoms with Crippen molar-refractivity contribution in [1.82, 2.24) is 5.32 Å². The Labute approximate surface area is 159 Å². The summed E-state index contributed by atoms with van der Waals surface area (Å²) in [5, 5.41) is 12.3. The lowest BCUT2D eigenvalue weighted by Crippen LogP contribution is -2.12. The molecule has 0 radical (unpaired) electrons. The summed E-state index contributed by atoms with van der Waals surface area (Å²) in [5.74, 6) is -0.0552. The SMILES string of the molecule is Cc1ccccc1COc1cccc(CNCc2ccc(C(=O)O)cc2)c1. The van der Waals surface area contributed by atoms with Crippen molar-refractivity contribution >= 4 is 5.97 Å². The van der Waals surface area contributed by atoms with E-state index in [1.807, 2.05) is 42.5 Å². The summed E-state index contributed by atoms with van der Waals surface area (Å²) in [6.45, 7) is 4.03. The number of nitrogens with one attached hydrogen (secondary N) is 1.